The van der Waals surface area contributed by atoms with Crippen molar-refractivity contribution in [3.05, 3.63) is 34.4 Å². The summed E-state index contributed by atoms with van der Waals surface area (Å²) in [6, 6.07) is 8.59. The van der Waals surface area contributed by atoms with Crippen molar-refractivity contribution in [1.29, 1.82) is 0 Å². The minimum absolute atomic E-state index is 0.657. The number of benzene rings is 1. The first-order valence-electron chi connectivity index (χ1n) is 5.32. The molecule has 2 heterocycles. The minimum atomic E-state index is 0.657. The zero-order valence-corrected chi connectivity index (χ0v) is 9.97. The molecule has 1 aliphatic rings. The van der Waals surface area contributed by atoms with Crippen LogP contribution in [0.3, 0.4) is 0 Å². The van der Waals surface area contributed by atoms with Gasteiger partial charge in [-0.1, -0.05) is 12.1 Å². The van der Waals surface area contributed by atoms with E-state index < -0.39 is 0 Å². The Morgan fingerprint density at radius 1 is 1.33 bits per heavy atom. The van der Waals surface area contributed by atoms with Crippen LogP contribution < -0.4 is 5.32 Å². The Morgan fingerprint density at radius 2 is 2.27 bits per heavy atom. The molecular formula is C12H13BrN2. The van der Waals surface area contributed by atoms with Crippen LogP contribution in [0.25, 0.3) is 10.9 Å². The van der Waals surface area contributed by atoms with E-state index in [9.17, 15) is 0 Å². The second kappa shape index (κ2) is 3.65. The Labute approximate surface area is 97.2 Å². The summed E-state index contributed by atoms with van der Waals surface area (Å²) in [5, 5.41) is 4.70. The minimum Gasteiger partial charge on any atom is -0.357 e. The maximum Gasteiger partial charge on any atom is 0.0600 e. The molecule has 1 aromatic carbocycles. The zero-order valence-electron chi connectivity index (χ0n) is 8.39. The summed E-state index contributed by atoms with van der Waals surface area (Å²) in [5.74, 6) is 0.657. The quantitative estimate of drug-likeness (QED) is 0.815. The van der Waals surface area contributed by atoms with Crippen molar-refractivity contribution in [1.82, 2.24) is 10.3 Å². The van der Waals surface area contributed by atoms with Gasteiger partial charge >= 0.3 is 0 Å². The van der Waals surface area contributed by atoms with Crippen LogP contribution in [0.4, 0.5) is 0 Å². The lowest BCUT2D eigenvalue weighted by molar-refractivity contribution is 0.743. The van der Waals surface area contributed by atoms with Crippen LogP contribution >= 0.6 is 15.9 Å². The van der Waals surface area contributed by atoms with Gasteiger partial charge in [0.25, 0.3) is 0 Å². The molecule has 1 fully saturated rings. The van der Waals surface area contributed by atoms with Gasteiger partial charge in [-0.3, -0.25) is 0 Å². The number of hydrogen-bond acceptors (Lipinski definition) is 1. The van der Waals surface area contributed by atoms with Crippen molar-refractivity contribution >= 4 is 26.8 Å². The van der Waals surface area contributed by atoms with Crippen molar-refractivity contribution in [3.8, 4) is 0 Å². The Balaban J connectivity index is 2.09. The fourth-order valence-electron chi connectivity index (χ4n) is 2.28. The van der Waals surface area contributed by atoms with Crippen molar-refractivity contribution in [2.24, 2.45) is 0 Å². The van der Waals surface area contributed by atoms with Crippen LogP contribution in [0.2, 0.25) is 0 Å². The number of H-pyrrole nitrogens is 1. The lowest BCUT2D eigenvalue weighted by atomic mass is 10.1. The summed E-state index contributed by atoms with van der Waals surface area (Å²) in [6.45, 7) is 2.24. The SMILES string of the molecule is Brc1cccc2cc(C3CCNC3)[nH]c12. The van der Waals surface area contributed by atoms with E-state index in [1.54, 1.807) is 0 Å². The molecule has 2 aromatic rings. The van der Waals surface area contributed by atoms with Gasteiger partial charge in [0.1, 0.15) is 0 Å². The van der Waals surface area contributed by atoms with Crippen LogP contribution in [0.15, 0.2) is 28.7 Å². The van der Waals surface area contributed by atoms with Gasteiger partial charge < -0.3 is 10.3 Å². The lowest BCUT2D eigenvalue weighted by Gasteiger charge is -2.03. The number of para-hydroxylation sites is 1. The molecule has 2 N–H and O–H groups in total. The van der Waals surface area contributed by atoms with E-state index in [2.05, 4.69) is 50.5 Å². The average Bonchev–Trinajstić information content (AvgIpc) is 2.86. The summed E-state index contributed by atoms with van der Waals surface area (Å²) in [5.41, 5.74) is 2.58. The van der Waals surface area contributed by atoms with Gasteiger partial charge in [-0.05, 0) is 41.0 Å². The third-order valence-corrected chi connectivity index (χ3v) is 3.79. The standard InChI is InChI=1S/C12H13BrN2/c13-10-3-1-2-8-6-11(15-12(8)10)9-4-5-14-7-9/h1-3,6,9,14-15H,4-5,7H2. The molecule has 15 heavy (non-hydrogen) atoms. The molecule has 1 saturated heterocycles. The topological polar surface area (TPSA) is 27.8 Å². The summed E-state index contributed by atoms with van der Waals surface area (Å²) in [4.78, 5) is 3.52. The first-order valence-corrected chi connectivity index (χ1v) is 6.12. The smallest absolute Gasteiger partial charge is 0.0600 e. The Kier molecular flexibility index (Phi) is 2.29. The molecule has 0 bridgehead atoms. The molecule has 78 valence electrons. The van der Waals surface area contributed by atoms with Crippen LogP contribution in [0, 0.1) is 0 Å². The Bertz CT molecular complexity index is 483. The highest BCUT2D eigenvalue weighted by molar-refractivity contribution is 9.10. The van der Waals surface area contributed by atoms with Crippen LogP contribution in [0.5, 0.6) is 0 Å². The van der Waals surface area contributed by atoms with Gasteiger partial charge in [0, 0.05) is 28.0 Å². The number of fused-ring (bicyclic) bond motifs is 1. The molecule has 0 saturated carbocycles. The first-order chi connectivity index (χ1) is 7.34. The monoisotopic (exact) mass is 264 g/mol. The molecule has 0 radical (unpaired) electrons. The predicted octanol–water partition coefficient (Wildman–Crippen LogP) is 3.01. The normalized spacial score (nSPS) is 21.3. The van der Waals surface area contributed by atoms with Gasteiger partial charge in [0.2, 0.25) is 0 Å². The van der Waals surface area contributed by atoms with E-state index in [4.69, 9.17) is 0 Å². The highest BCUT2D eigenvalue weighted by Crippen LogP contribution is 2.29. The lowest BCUT2D eigenvalue weighted by Crippen LogP contribution is -2.07. The van der Waals surface area contributed by atoms with E-state index in [-0.39, 0.29) is 0 Å². The number of halogens is 1. The number of nitrogens with one attached hydrogen (secondary N) is 2. The molecular weight excluding hydrogens is 252 g/mol. The van der Waals surface area contributed by atoms with E-state index in [0.29, 0.717) is 5.92 Å². The Morgan fingerprint density at radius 3 is 3.00 bits per heavy atom. The number of rotatable bonds is 1. The van der Waals surface area contributed by atoms with E-state index in [0.717, 1.165) is 17.6 Å². The predicted molar refractivity (Wildman–Crippen MR) is 66.2 cm³/mol. The molecule has 1 atom stereocenters. The fraction of sp³-hybridized carbons (Fsp3) is 0.333. The molecule has 1 aliphatic heterocycles. The van der Waals surface area contributed by atoms with Gasteiger partial charge in [-0.15, -0.1) is 0 Å². The summed E-state index contributed by atoms with van der Waals surface area (Å²) >= 11 is 3.57. The Hall–Kier alpha value is -0.800. The van der Waals surface area contributed by atoms with Crippen LogP contribution in [-0.2, 0) is 0 Å². The number of hydrogen-bond donors (Lipinski definition) is 2. The maximum atomic E-state index is 3.57. The summed E-state index contributed by atoms with van der Waals surface area (Å²) in [6.07, 6.45) is 1.24. The van der Waals surface area contributed by atoms with Crippen molar-refractivity contribution in [2.75, 3.05) is 13.1 Å². The summed E-state index contributed by atoms with van der Waals surface area (Å²) in [7, 11) is 0. The average molecular weight is 265 g/mol. The fourth-order valence-corrected chi connectivity index (χ4v) is 2.76. The van der Waals surface area contributed by atoms with Crippen molar-refractivity contribution in [2.45, 2.75) is 12.3 Å². The molecule has 3 rings (SSSR count). The largest absolute Gasteiger partial charge is 0.357 e. The zero-order chi connectivity index (χ0) is 10.3. The third-order valence-electron chi connectivity index (χ3n) is 3.13. The van der Waals surface area contributed by atoms with Crippen molar-refractivity contribution < 1.29 is 0 Å². The second-order valence-corrected chi connectivity index (χ2v) is 4.97. The van der Waals surface area contributed by atoms with Gasteiger partial charge in [-0.2, -0.15) is 0 Å². The highest BCUT2D eigenvalue weighted by Gasteiger charge is 2.18. The molecule has 3 heteroatoms. The molecule has 1 aromatic heterocycles. The number of aromatic amines is 1. The van der Waals surface area contributed by atoms with Crippen LogP contribution in [-0.4, -0.2) is 18.1 Å². The highest BCUT2D eigenvalue weighted by atomic mass is 79.9. The summed E-state index contributed by atoms with van der Waals surface area (Å²) < 4.78 is 1.15. The molecule has 0 spiro atoms. The van der Waals surface area contributed by atoms with E-state index in [1.807, 2.05) is 0 Å². The van der Waals surface area contributed by atoms with Crippen molar-refractivity contribution in [3.63, 3.8) is 0 Å². The first kappa shape index (κ1) is 9.43. The molecule has 0 aliphatic carbocycles. The van der Waals surface area contributed by atoms with E-state index in [1.165, 1.54) is 23.0 Å². The van der Waals surface area contributed by atoms with Gasteiger partial charge in [0.15, 0.2) is 0 Å². The molecule has 1 unspecified atom stereocenters. The molecule has 0 amide bonds. The van der Waals surface area contributed by atoms with Gasteiger partial charge in [-0.25, -0.2) is 0 Å². The third kappa shape index (κ3) is 1.60. The van der Waals surface area contributed by atoms with Crippen LogP contribution in [0.1, 0.15) is 18.0 Å². The van der Waals surface area contributed by atoms with E-state index >= 15 is 0 Å². The molecule has 2 nitrogen and oxygen atoms in total. The number of aromatic nitrogens is 1. The maximum absolute atomic E-state index is 3.57. The second-order valence-electron chi connectivity index (χ2n) is 4.12. The van der Waals surface area contributed by atoms with Gasteiger partial charge in [0.05, 0.1) is 5.52 Å².